The Morgan fingerprint density at radius 2 is 2.36 bits per heavy atom. The normalized spacial score (nSPS) is 24.5. The van der Waals surface area contributed by atoms with E-state index < -0.39 is 5.54 Å². The Morgan fingerprint density at radius 1 is 1.45 bits per heavy atom. The molecule has 2 aromatic heterocycles. The molecule has 0 aromatic carbocycles. The molecule has 1 N–H and O–H groups in total. The van der Waals surface area contributed by atoms with Crippen LogP contribution in [0, 0.1) is 0 Å². The van der Waals surface area contributed by atoms with Gasteiger partial charge in [0.1, 0.15) is 5.54 Å². The molecule has 1 atom stereocenters. The van der Waals surface area contributed by atoms with E-state index in [1.807, 2.05) is 17.5 Å². The molecule has 3 amide bonds. The first-order chi connectivity index (χ1) is 10.7. The van der Waals surface area contributed by atoms with Crippen molar-refractivity contribution < 1.29 is 14.1 Å². The maximum absolute atomic E-state index is 12.5. The van der Waals surface area contributed by atoms with Crippen LogP contribution in [0.3, 0.4) is 0 Å². The van der Waals surface area contributed by atoms with Crippen LogP contribution in [0.4, 0.5) is 4.79 Å². The molecule has 0 saturated carbocycles. The highest BCUT2D eigenvalue weighted by molar-refractivity contribution is 7.99. The third kappa shape index (κ3) is 2.12. The molecule has 0 bridgehead atoms. The maximum atomic E-state index is 12.5. The van der Waals surface area contributed by atoms with Crippen molar-refractivity contribution >= 4 is 35.0 Å². The zero-order valence-corrected chi connectivity index (χ0v) is 13.1. The number of thiophene rings is 1. The third-order valence-corrected chi connectivity index (χ3v) is 5.81. The van der Waals surface area contributed by atoms with Crippen LogP contribution in [0.5, 0.6) is 0 Å². The average molecular weight is 336 g/mol. The summed E-state index contributed by atoms with van der Waals surface area (Å²) in [5.74, 6) is 2.05. The number of nitrogens with zero attached hydrogens (tertiary/aromatic N) is 3. The zero-order valence-electron chi connectivity index (χ0n) is 11.4. The highest BCUT2D eigenvalue weighted by Gasteiger charge is 2.53. The summed E-state index contributed by atoms with van der Waals surface area (Å²) in [6.07, 6.45) is 0.672. The van der Waals surface area contributed by atoms with Crippen LogP contribution >= 0.6 is 23.1 Å². The van der Waals surface area contributed by atoms with Crippen LogP contribution in [0.2, 0.25) is 0 Å². The number of carbonyl (C=O) groups is 2. The molecule has 9 heteroatoms. The predicted molar refractivity (Wildman–Crippen MR) is 81.4 cm³/mol. The van der Waals surface area contributed by atoms with E-state index in [2.05, 4.69) is 15.5 Å². The van der Waals surface area contributed by atoms with Crippen LogP contribution in [-0.2, 0) is 11.3 Å². The smallest absolute Gasteiger partial charge is 0.325 e. The Balaban J connectivity index is 1.54. The van der Waals surface area contributed by atoms with Crippen molar-refractivity contribution in [3.8, 4) is 10.8 Å². The van der Waals surface area contributed by atoms with Gasteiger partial charge in [0, 0.05) is 5.75 Å². The quantitative estimate of drug-likeness (QED) is 0.859. The standard InChI is InChI=1S/C13H12N4O3S2/c18-11-13(3-5-21-7-13)15-12(19)17(11)6-9-14-10(20-16-9)8-2-1-4-22-8/h1-2,4H,3,5-7H2,(H,15,19)/t13-/m1/s1. The molecule has 0 radical (unpaired) electrons. The lowest BCUT2D eigenvalue weighted by Gasteiger charge is -2.18. The summed E-state index contributed by atoms with van der Waals surface area (Å²) >= 11 is 3.17. The highest BCUT2D eigenvalue weighted by atomic mass is 32.2. The summed E-state index contributed by atoms with van der Waals surface area (Å²) in [5, 5.41) is 8.59. The molecule has 2 saturated heterocycles. The van der Waals surface area contributed by atoms with Crippen LogP contribution in [0.15, 0.2) is 22.0 Å². The summed E-state index contributed by atoms with van der Waals surface area (Å²) in [4.78, 5) is 30.9. The number of nitrogens with one attached hydrogen (secondary N) is 1. The van der Waals surface area contributed by atoms with E-state index >= 15 is 0 Å². The van der Waals surface area contributed by atoms with Gasteiger partial charge >= 0.3 is 6.03 Å². The number of thioether (sulfide) groups is 1. The summed E-state index contributed by atoms with van der Waals surface area (Å²) < 4.78 is 5.18. The molecule has 22 heavy (non-hydrogen) atoms. The van der Waals surface area contributed by atoms with Gasteiger partial charge in [-0.3, -0.25) is 9.69 Å². The fourth-order valence-corrected chi connectivity index (χ4v) is 4.58. The fourth-order valence-electron chi connectivity index (χ4n) is 2.61. The van der Waals surface area contributed by atoms with Crippen LogP contribution in [-0.4, -0.2) is 44.0 Å². The van der Waals surface area contributed by atoms with Gasteiger partial charge in [0.2, 0.25) is 0 Å². The summed E-state index contributed by atoms with van der Waals surface area (Å²) in [6, 6.07) is 3.39. The van der Waals surface area contributed by atoms with E-state index in [1.54, 1.807) is 11.8 Å². The van der Waals surface area contributed by atoms with Gasteiger partial charge in [-0.25, -0.2) is 4.79 Å². The number of aromatic nitrogens is 2. The second kappa shape index (κ2) is 5.10. The Hall–Kier alpha value is -1.87. The molecule has 4 heterocycles. The number of rotatable bonds is 3. The molecule has 7 nitrogen and oxygen atoms in total. The first-order valence-electron chi connectivity index (χ1n) is 6.76. The summed E-state index contributed by atoms with van der Waals surface area (Å²) in [6.45, 7) is 0.0337. The zero-order chi connectivity index (χ0) is 15.2. The fraction of sp³-hybridized carbons (Fsp3) is 0.385. The summed E-state index contributed by atoms with van der Waals surface area (Å²) in [5.41, 5.74) is -0.734. The van der Waals surface area contributed by atoms with Gasteiger partial charge < -0.3 is 9.84 Å². The molecule has 2 fully saturated rings. The number of amides is 3. The Kier molecular flexibility index (Phi) is 3.19. The minimum Gasteiger partial charge on any atom is -0.333 e. The molecule has 0 aliphatic carbocycles. The number of urea groups is 1. The van der Waals surface area contributed by atoms with Gasteiger partial charge in [0.15, 0.2) is 5.82 Å². The van der Waals surface area contributed by atoms with E-state index in [1.165, 1.54) is 16.2 Å². The number of carbonyl (C=O) groups excluding carboxylic acids is 2. The lowest BCUT2D eigenvalue weighted by atomic mass is 9.99. The predicted octanol–water partition coefficient (Wildman–Crippen LogP) is 1.73. The monoisotopic (exact) mass is 336 g/mol. The van der Waals surface area contributed by atoms with Gasteiger partial charge in [-0.15, -0.1) is 11.3 Å². The Morgan fingerprint density at radius 3 is 3.09 bits per heavy atom. The van der Waals surface area contributed by atoms with Crippen molar-refractivity contribution in [2.75, 3.05) is 11.5 Å². The van der Waals surface area contributed by atoms with Gasteiger partial charge in [0.05, 0.1) is 11.4 Å². The molecule has 2 aliphatic heterocycles. The Labute approximate surface area is 134 Å². The van der Waals surface area contributed by atoms with Crippen molar-refractivity contribution in [2.24, 2.45) is 0 Å². The van der Waals surface area contributed by atoms with E-state index in [4.69, 9.17) is 4.52 Å². The summed E-state index contributed by atoms with van der Waals surface area (Å²) in [7, 11) is 0. The molecule has 114 valence electrons. The third-order valence-electron chi connectivity index (χ3n) is 3.77. The molecular formula is C13H12N4O3S2. The largest absolute Gasteiger partial charge is 0.333 e. The maximum Gasteiger partial charge on any atom is 0.325 e. The lowest BCUT2D eigenvalue weighted by molar-refractivity contribution is -0.131. The van der Waals surface area contributed by atoms with Crippen molar-refractivity contribution in [2.45, 2.75) is 18.5 Å². The number of hydrogen-bond acceptors (Lipinski definition) is 7. The SMILES string of the molecule is O=C1N[C@@]2(CCSC2)C(=O)N1Cc1noc(-c2cccs2)n1. The lowest BCUT2D eigenvalue weighted by Crippen LogP contribution is -2.46. The second-order valence-electron chi connectivity index (χ2n) is 5.20. The number of hydrogen-bond donors (Lipinski definition) is 1. The minimum atomic E-state index is -0.734. The highest BCUT2D eigenvalue weighted by Crippen LogP contribution is 2.34. The van der Waals surface area contributed by atoms with Crippen LogP contribution in [0.1, 0.15) is 12.2 Å². The van der Waals surface area contributed by atoms with E-state index in [0.717, 1.165) is 10.6 Å². The van der Waals surface area contributed by atoms with Crippen LogP contribution in [0.25, 0.3) is 10.8 Å². The molecule has 1 spiro atoms. The minimum absolute atomic E-state index is 0.0337. The van der Waals surface area contributed by atoms with E-state index in [9.17, 15) is 9.59 Å². The van der Waals surface area contributed by atoms with Crippen molar-refractivity contribution in [1.82, 2.24) is 20.4 Å². The van der Waals surface area contributed by atoms with Crippen molar-refractivity contribution in [1.29, 1.82) is 0 Å². The molecule has 2 aliphatic rings. The molecule has 2 aromatic rings. The number of imide groups is 1. The van der Waals surface area contributed by atoms with Gasteiger partial charge in [-0.1, -0.05) is 11.2 Å². The first kappa shape index (κ1) is 13.8. The second-order valence-corrected chi connectivity index (χ2v) is 7.25. The van der Waals surface area contributed by atoms with Crippen molar-refractivity contribution in [3.05, 3.63) is 23.3 Å². The first-order valence-corrected chi connectivity index (χ1v) is 8.80. The molecule has 4 rings (SSSR count). The van der Waals surface area contributed by atoms with Crippen molar-refractivity contribution in [3.63, 3.8) is 0 Å². The van der Waals surface area contributed by atoms with Gasteiger partial charge in [-0.2, -0.15) is 16.7 Å². The van der Waals surface area contributed by atoms with Gasteiger partial charge in [0.25, 0.3) is 11.8 Å². The Bertz CT molecular complexity index is 721. The molecular weight excluding hydrogens is 324 g/mol. The van der Waals surface area contributed by atoms with E-state index in [0.29, 0.717) is 23.9 Å². The van der Waals surface area contributed by atoms with E-state index in [-0.39, 0.29) is 18.5 Å². The van der Waals surface area contributed by atoms with Crippen LogP contribution < -0.4 is 5.32 Å². The topological polar surface area (TPSA) is 88.3 Å². The molecule has 0 unspecified atom stereocenters. The average Bonchev–Trinajstić information content (AvgIpc) is 3.25. The van der Waals surface area contributed by atoms with Gasteiger partial charge in [-0.05, 0) is 23.6 Å².